The summed E-state index contributed by atoms with van der Waals surface area (Å²) >= 11 is 0. The molecule has 0 radical (unpaired) electrons. The van der Waals surface area contributed by atoms with E-state index >= 15 is 0 Å². The van der Waals surface area contributed by atoms with E-state index < -0.39 is 0 Å². The number of aryl methyl sites for hydroxylation is 1. The molecule has 29 heavy (non-hydrogen) atoms. The third-order valence-corrected chi connectivity index (χ3v) is 5.88. The fourth-order valence-electron chi connectivity index (χ4n) is 3.88. The molecule has 7 heteroatoms. The van der Waals surface area contributed by atoms with Crippen molar-refractivity contribution in [2.24, 2.45) is 5.92 Å². The van der Waals surface area contributed by atoms with Gasteiger partial charge >= 0.3 is 0 Å². The van der Waals surface area contributed by atoms with E-state index in [-0.39, 0.29) is 24.3 Å². The van der Waals surface area contributed by atoms with E-state index in [2.05, 4.69) is 5.32 Å². The molecule has 1 N–H and O–H groups in total. The number of benzene rings is 1. The van der Waals surface area contributed by atoms with Gasteiger partial charge in [-0.25, -0.2) is 0 Å². The molecule has 7 nitrogen and oxygen atoms in total. The molecule has 1 aromatic carbocycles. The van der Waals surface area contributed by atoms with Crippen LogP contribution in [0.3, 0.4) is 0 Å². The van der Waals surface area contributed by atoms with Crippen LogP contribution >= 0.6 is 0 Å². The van der Waals surface area contributed by atoms with E-state index in [0.29, 0.717) is 51.4 Å². The predicted molar refractivity (Wildman–Crippen MR) is 107 cm³/mol. The Hall–Kier alpha value is -2.57. The van der Waals surface area contributed by atoms with Crippen molar-refractivity contribution < 1.29 is 19.1 Å². The fourth-order valence-corrected chi connectivity index (χ4v) is 3.88. The molecule has 156 valence electrons. The molecule has 0 unspecified atom stereocenters. The SMILES string of the molecule is O=C(CCc1ccc2c(c1)CN(C(=O)CN1CCCC1=O)CCO2)NCC1CC1. The first-order valence-electron chi connectivity index (χ1n) is 10.7. The molecule has 2 fully saturated rings. The zero-order valence-corrected chi connectivity index (χ0v) is 16.8. The van der Waals surface area contributed by atoms with Gasteiger partial charge in [0.2, 0.25) is 17.7 Å². The van der Waals surface area contributed by atoms with Crippen LogP contribution in [0.2, 0.25) is 0 Å². The summed E-state index contributed by atoms with van der Waals surface area (Å²) in [5.41, 5.74) is 2.03. The van der Waals surface area contributed by atoms with Gasteiger partial charge in [-0.1, -0.05) is 12.1 Å². The summed E-state index contributed by atoms with van der Waals surface area (Å²) in [6.45, 7) is 3.03. The first-order valence-corrected chi connectivity index (χ1v) is 10.7. The molecule has 0 atom stereocenters. The Morgan fingerprint density at radius 1 is 1.21 bits per heavy atom. The minimum atomic E-state index is -0.0402. The van der Waals surface area contributed by atoms with Crippen LogP contribution in [0.15, 0.2) is 18.2 Å². The van der Waals surface area contributed by atoms with Crippen LogP contribution in [0.4, 0.5) is 0 Å². The molecule has 2 heterocycles. The van der Waals surface area contributed by atoms with Crippen molar-refractivity contribution in [1.29, 1.82) is 0 Å². The Kier molecular flexibility index (Phi) is 6.02. The number of carbonyl (C=O) groups excluding carboxylic acids is 3. The largest absolute Gasteiger partial charge is 0.491 e. The lowest BCUT2D eigenvalue weighted by atomic mass is 10.0. The van der Waals surface area contributed by atoms with Crippen LogP contribution in [0.5, 0.6) is 5.75 Å². The summed E-state index contributed by atoms with van der Waals surface area (Å²) in [6.07, 6.45) is 4.96. The second-order valence-electron chi connectivity index (χ2n) is 8.27. The Balaban J connectivity index is 1.34. The molecule has 0 spiro atoms. The summed E-state index contributed by atoms with van der Waals surface area (Å²) < 4.78 is 5.82. The second-order valence-corrected chi connectivity index (χ2v) is 8.27. The molecule has 3 aliphatic rings. The molecule has 1 aromatic rings. The summed E-state index contributed by atoms with van der Waals surface area (Å²) in [5.74, 6) is 1.59. The minimum Gasteiger partial charge on any atom is -0.491 e. The highest BCUT2D eigenvalue weighted by Gasteiger charge is 2.26. The molecular weight excluding hydrogens is 370 g/mol. The van der Waals surface area contributed by atoms with Gasteiger partial charge in [0, 0.05) is 38.0 Å². The molecule has 0 bridgehead atoms. The zero-order chi connectivity index (χ0) is 20.2. The van der Waals surface area contributed by atoms with Crippen molar-refractivity contribution in [1.82, 2.24) is 15.1 Å². The highest BCUT2D eigenvalue weighted by atomic mass is 16.5. The molecule has 2 aliphatic heterocycles. The van der Waals surface area contributed by atoms with Crippen molar-refractivity contribution in [3.05, 3.63) is 29.3 Å². The smallest absolute Gasteiger partial charge is 0.242 e. The summed E-state index contributed by atoms with van der Waals surface area (Å²) in [4.78, 5) is 39.9. The third kappa shape index (κ3) is 5.28. The van der Waals surface area contributed by atoms with Gasteiger partial charge in [0.05, 0.1) is 13.1 Å². The molecule has 0 aromatic heterocycles. The maximum Gasteiger partial charge on any atom is 0.242 e. The first-order chi connectivity index (χ1) is 14.1. The second kappa shape index (κ2) is 8.84. The molecule has 4 rings (SSSR count). The topological polar surface area (TPSA) is 79.0 Å². The molecular formula is C22H29N3O4. The zero-order valence-electron chi connectivity index (χ0n) is 16.8. The number of hydrogen-bond acceptors (Lipinski definition) is 4. The van der Waals surface area contributed by atoms with Crippen molar-refractivity contribution in [3.63, 3.8) is 0 Å². The lowest BCUT2D eigenvalue weighted by Gasteiger charge is -2.23. The van der Waals surface area contributed by atoms with E-state index in [4.69, 9.17) is 4.74 Å². The Morgan fingerprint density at radius 3 is 2.83 bits per heavy atom. The van der Waals surface area contributed by atoms with Gasteiger partial charge in [-0.15, -0.1) is 0 Å². The standard InChI is InChI=1S/C22H29N3O4/c26-20(23-13-17-3-4-17)8-6-16-5-7-19-18(12-16)14-25(10-11-29-19)22(28)15-24-9-1-2-21(24)27/h5,7,12,17H,1-4,6,8-11,13-15H2,(H,23,26). The number of likely N-dealkylation sites (tertiary alicyclic amines) is 1. The summed E-state index contributed by atoms with van der Waals surface area (Å²) in [7, 11) is 0. The van der Waals surface area contributed by atoms with Gasteiger partial charge in [-0.3, -0.25) is 14.4 Å². The van der Waals surface area contributed by atoms with E-state index in [9.17, 15) is 14.4 Å². The van der Waals surface area contributed by atoms with Crippen LogP contribution in [-0.2, 0) is 27.3 Å². The number of fused-ring (bicyclic) bond motifs is 1. The van der Waals surface area contributed by atoms with Crippen LogP contribution in [-0.4, -0.2) is 60.3 Å². The lowest BCUT2D eigenvalue weighted by Crippen LogP contribution is -2.41. The Bertz CT molecular complexity index is 790. The lowest BCUT2D eigenvalue weighted by molar-refractivity contribution is -0.138. The summed E-state index contributed by atoms with van der Waals surface area (Å²) in [6, 6.07) is 5.97. The van der Waals surface area contributed by atoms with Crippen molar-refractivity contribution in [2.45, 2.75) is 45.1 Å². The number of amides is 3. The van der Waals surface area contributed by atoms with E-state index in [1.807, 2.05) is 18.2 Å². The average Bonchev–Trinajstić information content (AvgIpc) is 3.49. The first kappa shape index (κ1) is 19.7. The number of nitrogens with zero attached hydrogens (tertiary/aromatic N) is 2. The van der Waals surface area contributed by atoms with E-state index in [0.717, 1.165) is 29.8 Å². The van der Waals surface area contributed by atoms with Gasteiger partial charge in [0.1, 0.15) is 12.4 Å². The quantitative estimate of drug-likeness (QED) is 0.754. The predicted octanol–water partition coefficient (Wildman–Crippen LogP) is 1.49. The third-order valence-electron chi connectivity index (χ3n) is 5.88. The fraction of sp³-hybridized carbons (Fsp3) is 0.591. The number of nitrogens with one attached hydrogen (secondary N) is 1. The van der Waals surface area contributed by atoms with Gasteiger partial charge < -0.3 is 19.9 Å². The van der Waals surface area contributed by atoms with Crippen LogP contribution < -0.4 is 10.1 Å². The van der Waals surface area contributed by atoms with Crippen molar-refractivity contribution in [3.8, 4) is 5.75 Å². The van der Waals surface area contributed by atoms with E-state index in [1.54, 1.807) is 9.80 Å². The Labute approximate surface area is 171 Å². The summed E-state index contributed by atoms with van der Waals surface area (Å²) in [5, 5.41) is 3.00. The number of rotatable bonds is 7. The van der Waals surface area contributed by atoms with Crippen LogP contribution in [0, 0.1) is 5.92 Å². The highest BCUT2D eigenvalue weighted by Crippen LogP contribution is 2.28. The average molecular weight is 399 g/mol. The van der Waals surface area contributed by atoms with Crippen molar-refractivity contribution in [2.75, 3.05) is 32.8 Å². The van der Waals surface area contributed by atoms with Crippen molar-refractivity contribution >= 4 is 17.7 Å². The maximum absolute atomic E-state index is 12.7. The maximum atomic E-state index is 12.7. The van der Waals surface area contributed by atoms with Gasteiger partial charge in [0.15, 0.2) is 0 Å². The van der Waals surface area contributed by atoms with Crippen LogP contribution in [0.25, 0.3) is 0 Å². The minimum absolute atomic E-state index is 0.0402. The van der Waals surface area contributed by atoms with Gasteiger partial charge in [-0.2, -0.15) is 0 Å². The molecule has 1 aliphatic carbocycles. The van der Waals surface area contributed by atoms with Crippen LogP contribution in [0.1, 0.15) is 43.2 Å². The van der Waals surface area contributed by atoms with Gasteiger partial charge in [-0.05, 0) is 43.2 Å². The Morgan fingerprint density at radius 2 is 2.07 bits per heavy atom. The number of hydrogen-bond donors (Lipinski definition) is 1. The van der Waals surface area contributed by atoms with E-state index in [1.165, 1.54) is 12.8 Å². The van der Waals surface area contributed by atoms with Gasteiger partial charge in [0.25, 0.3) is 0 Å². The number of ether oxygens (including phenoxy) is 1. The molecule has 3 amide bonds. The monoisotopic (exact) mass is 399 g/mol. The normalized spacial score (nSPS) is 18.8. The molecule has 1 saturated carbocycles. The highest BCUT2D eigenvalue weighted by molar-refractivity contribution is 5.86. The number of carbonyl (C=O) groups is 3. The molecule has 1 saturated heterocycles.